The van der Waals surface area contributed by atoms with Crippen LogP contribution in [0, 0.1) is 0 Å². The van der Waals surface area contributed by atoms with Crippen molar-refractivity contribution in [2.45, 2.75) is 0 Å². The summed E-state index contributed by atoms with van der Waals surface area (Å²) in [6.45, 7) is 0. The van der Waals surface area contributed by atoms with Crippen molar-refractivity contribution >= 4 is 18.2 Å². The summed E-state index contributed by atoms with van der Waals surface area (Å²) in [5.41, 5.74) is 0. The first-order valence-corrected chi connectivity index (χ1v) is 5.16. The van der Waals surface area contributed by atoms with Gasteiger partial charge < -0.3 is 0 Å². The second-order valence-electron chi connectivity index (χ2n) is 1.09. The summed E-state index contributed by atoms with van der Waals surface area (Å²) < 4.78 is 49.0. The second-order valence-corrected chi connectivity index (χ2v) is 5.84. The van der Waals surface area contributed by atoms with E-state index in [2.05, 4.69) is 0 Å². The molecule has 0 spiro atoms. The standard InChI is InChI=1S/CH5NO5S2/c1-2-8(3,4)9(5,6)7/h2H,1H3,(H,5,6,7). The van der Waals surface area contributed by atoms with Gasteiger partial charge in [0.1, 0.15) is 0 Å². The molecule has 0 aliphatic rings. The fourth-order valence-corrected chi connectivity index (χ4v) is 0.948. The minimum Gasteiger partial charge on any atom is -0.273 e. The first-order chi connectivity index (χ1) is 3.81. The SMILES string of the molecule is CNS(=O)(=O)S(=O)(=O)O. The molecule has 0 heterocycles. The summed E-state index contributed by atoms with van der Waals surface area (Å²) in [6, 6.07) is 0. The predicted octanol–water partition coefficient (Wildman–Crippen LogP) is -1.66. The summed E-state index contributed by atoms with van der Waals surface area (Å²) in [5.74, 6) is 0. The van der Waals surface area contributed by atoms with E-state index < -0.39 is 18.2 Å². The molecule has 0 rings (SSSR count). The van der Waals surface area contributed by atoms with Gasteiger partial charge in [-0.05, 0) is 7.05 Å². The first kappa shape index (κ1) is 8.82. The molecule has 0 amide bonds. The van der Waals surface area contributed by atoms with Crippen LogP contribution in [-0.4, -0.2) is 28.4 Å². The Bertz CT molecular complexity index is 270. The van der Waals surface area contributed by atoms with Crippen molar-refractivity contribution in [2.75, 3.05) is 7.05 Å². The third-order valence-electron chi connectivity index (χ3n) is 0.527. The summed E-state index contributed by atoms with van der Waals surface area (Å²) >= 11 is 0. The van der Waals surface area contributed by atoms with Crippen LogP contribution in [0.25, 0.3) is 0 Å². The summed E-state index contributed by atoms with van der Waals surface area (Å²) in [5, 5.41) is 0. The van der Waals surface area contributed by atoms with Crippen molar-refractivity contribution in [1.29, 1.82) is 0 Å². The van der Waals surface area contributed by atoms with Crippen molar-refractivity contribution in [1.82, 2.24) is 4.72 Å². The minimum absolute atomic E-state index is 0.878. The molecule has 6 nitrogen and oxygen atoms in total. The first-order valence-electron chi connectivity index (χ1n) is 1.72. The molecular weight excluding hydrogens is 170 g/mol. The van der Waals surface area contributed by atoms with Gasteiger partial charge >= 0.3 is 18.2 Å². The Balaban J connectivity index is 5.07. The van der Waals surface area contributed by atoms with Crippen molar-refractivity contribution in [3.8, 4) is 0 Å². The Labute approximate surface area is 52.1 Å². The van der Waals surface area contributed by atoms with Gasteiger partial charge in [0.2, 0.25) is 0 Å². The van der Waals surface area contributed by atoms with E-state index in [1.165, 1.54) is 4.72 Å². The molecule has 0 bridgehead atoms. The lowest BCUT2D eigenvalue weighted by molar-refractivity contribution is 0.491. The zero-order chi connectivity index (χ0) is 7.71. The van der Waals surface area contributed by atoms with Crippen LogP contribution in [0.3, 0.4) is 0 Å². The Kier molecular flexibility index (Phi) is 2.17. The van der Waals surface area contributed by atoms with Crippen LogP contribution in [0.4, 0.5) is 0 Å². The Morgan fingerprint density at radius 1 is 1.22 bits per heavy atom. The number of rotatable bonds is 2. The summed E-state index contributed by atoms with van der Waals surface area (Å²) in [6.07, 6.45) is 0. The van der Waals surface area contributed by atoms with E-state index in [1.54, 1.807) is 0 Å². The van der Waals surface area contributed by atoms with Crippen LogP contribution >= 0.6 is 0 Å². The number of nitrogens with one attached hydrogen (secondary N) is 1. The second kappa shape index (κ2) is 2.21. The molecule has 9 heavy (non-hydrogen) atoms. The lowest BCUT2D eigenvalue weighted by Gasteiger charge is -1.93. The topological polar surface area (TPSA) is 101 Å². The van der Waals surface area contributed by atoms with Crippen LogP contribution < -0.4 is 4.72 Å². The van der Waals surface area contributed by atoms with Crippen molar-refractivity contribution in [3.63, 3.8) is 0 Å². The molecular formula is CH5NO5S2. The summed E-state index contributed by atoms with van der Waals surface area (Å²) in [4.78, 5) is 0. The van der Waals surface area contributed by atoms with Crippen LogP contribution in [0.1, 0.15) is 0 Å². The van der Waals surface area contributed by atoms with Gasteiger partial charge in [-0.1, -0.05) is 0 Å². The van der Waals surface area contributed by atoms with E-state index in [0.717, 1.165) is 7.05 Å². The number of hydrogen-bond donors (Lipinski definition) is 2. The lowest BCUT2D eigenvalue weighted by Crippen LogP contribution is -2.26. The minimum atomic E-state index is -4.99. The highest BCUT2D eigenvalue weighted by Crippen LogP contribution is 1.91. The third kappa shape index (κ3) is 1.90. The fraction of sp³-hybridized carbons (Fsp3) is 1.00. The van der Waals surface area contributed by atoms with Gasteiger partial charge in [-0.3, -0.25) is 4.55 Å². The van der Waals surface area contributed by atoms with E-state index in [-0.39, 0.29) is 0 Å². The molecule has 2 N–H and O–H groups in total. The summed E-state index contributed by atoms with van der Waals surface area (Å²) in [7, 11) is -8.67. The van der Waals surface area contributed by atoms with Crippen molar-refractivity contribution in [2.24, 2.45) is 0 Å². The molecule has 0 fully saturated rings. The maximum absolute atomic E-state index is 10.1. The molecule has 0 aromatic carbocycles. The molecule has 0 saturated heterocycles. The van der Waals surface area contributed by atoms with E-state index in [1.807, 2.05) is 0 Å². The highest BCUT2D eigenvalue weighted by atomic mass is 33.2. The average Bonchev–Trinajstić information content (AvgIpc) is 1.64. The third-order valence-corrected chi connectivity index (χ3v) is 3.75. The Hall–Kier alpha value is -0.180. The molecule has 0 aromatic heterocycles. The zero-order valence-corrected chi connectivity index (χ0v) is 6.03. The largest absolute Gasteiger partial charge is 0.386 e. The van der Waals surface area contributed by atoms with E-state index in [9.17, 15) is 16.8 Å². The average molecular weight is 175 g/mol. The molecule has 0 unspecified atom stereocenters. The van der Waals surface area contributed by atoms with Gasteiger partial charge in [0.05, 0.1) is 0 Å². The van der Waals surface area contributed by atoms with Gasteiger partial charge in [-0.15, -0.1) is 0 Å². The van der Waals surface area contributed by atoms with E-state index in [4.69, 9.17) is 4.55 Å². The predicted molar refractivity (Wildman–Crippen MR) is 29.5 cm³/mol. The molecule has 0 radical (unpaired) electrons. The maximum atomic E-state index is 10.1. The van der Waals surface area contributed by atoms with Gasteiger partial charge in [0, 0.05) is 0 Å². The van der Waals surface area contributed by atoms with Crippen LogP contribution in [-0.2, 0) is 18.2 Å². The molecule has 0 saturated carbocycles. The Morgan fingerprint density at radius 3 is 1.56 bits per heavy atom. The number of hydrogen-bond acceptors (Lipinski definition) is 4. The van der Waals surface area contributed by atoms with Gasteiger partial charge in [-0.2, -0.15) is 16.8 Å². The van der Waals surface area contributed by atoms with E-state index in [0.29, 0.717) is 0 Å². The molecule has 0 aliphatic carbocycles. The van der Waals surface area contributed by atoms with E-state index >= 15 is 0 Å². The molecule has 8 heteroatoms. The molecule has 0 aliphatic heterocycles. The van der Waals surface area contributed by atoms with Crippen molar-refractivity contribution in [3.05, 3.63) is 0 Å². The van der Waals surface area contributed by atoms with Crippen LogP contribution in [0.15, 0.2) is 0 Å². The Morgan fingerprint density at radius 2 is 1.56 bits per heavy atom. The van der Waals surface area contributed by atoms with Crippen molar-refractivity contribution < 1.29 is 21.4 Å². The smallest absolute Gasteiger partial charge is 0.273 e. The highest BCUT2D eigenvalue weighted by Gasteiger charge is 2.23. The molecule has 0 aromatic rings. The van der Waals surface area contributed by atoms with Crippen LogP contribution in [0.5, 0.6) is 0 Å². The maximum Gasteiger partial charge on any atom is 0.386 e. The van der Waals surface area contributed by atoms with Gasteiger partial charge in [0.25, 0.3) is 0 Å². The monoisotopic (exact) mass is 175 g/mol. The lowest BCUT2D eigenvalue weighted by atomic mass is 11.6. The quantitative estimate of drug-likeness (QED) is 0.386. The van der Waals surface area contributed by atoms with Gasteiger partial charge in [0.15, 0.2) is 0 Å². The zero-order valence-electron chi connectivity index (χ0n) is 4.40. The molecule has 0 atom stereocenters. The normalized spacial score (nSPS) is 13.6. The molecule has 56 valence electrons. The highest BCUT2D eigenvalue weighted by molar-refractivity contribution is 8.64. The van der Waals surface area contributed by atoms with Gasteiger partial charge in [-0.25, -0.2) is 4.72 Å². The fourth-order valence-electron chi connectivity index (χ4n) is 0.105. The van der Waals surface area contributed by atoms with Crippen LogP contribution in [0.2, 0.25) is 0 Å².